The van der Waals surface area contributed by atoms with Crippen LogP contribution in [0.3, 0.4) is 0 Å². The lowest BCUT2D eigenvalue weighted by Crippen LogP contribution is -2.55. The number of benzene rings is 4. The summed E-state index contributed by atoms with van der Waals surface area (Å²) in [5, 5.41) is 15.2. The van der Waals surface area contributed by atoms with Crippen molar-refractivity contribution >= 4 is 36.4 Å². The normalized spacial score (nSPS) is 24.5. The van der Waals surface area contributed by atoms with Gasteiger partial charge in [-0.05, 0) is 110 Å². The van der Waals surface area contributed by atoms with Crippen molar-refractivity contribution < 1.29 is 24.2 Å². The summed E-state index contributed by atoms with van der Waals surface area (Å²) in [7, 11) is -0.507. The van der Waals surface area contributed by atoms with Crippen LogP contribution >= 0.6 is 0 Å². The molecule has 2 N–H and O–H groups in total. The van der Waals surface area contributed by atoms with Gasteiger partial charge in [0.15, 0.2) is 0 Å². The number of hydrogen-bond donors (Lipinski definition) is 2. The van der Waals surface area contributed by atoms with Crippen LogP contribution in [0.1, 0.15) is 49.3 Å². The van der Waals surface area contributed by atoms with Crippen LogP contribution in [0.4, 0.5) is 11.4 Å². The number of methoxy groups -OCH3 is 1. The van der Waals surface area contributed by atoms with E-state index in [1.54, 1.807) is 7.11 Å². The topological polar surface area (TPSA) is 94.6 Å². The molecule has 0 aromatic heterocycles. The third-order valence-corrected chi connectivity index (χ3v) is 18.1. The Balaban J connectivity index is 1.02. The summed E-state index contributed by atoms with van der Waals surface area (Å²) in [5.74, 6) is 1.29. The molecule has 0 radical (unpaired) electrons. The minimum absolute atomic E-state index is 0.0304. The molecular weight excluding hydrogens is 729 g/mol. The van der Waals surface area contributed by atoms with Crippen LogP contribution < -0.4 is 25.0 Å². The minimum Gasteiger partial charge on any atom is -0.497 e. The largest absolute Gasteiger partial charge is 0.497 e. The van der Waals surface area contributed by atoms with Crippen molar-refractivity contribution in [2.24, 2.45) is 5.92 Å². The van der Waals surface area contributed by atoms with Crippen LogP contribution in [0.15, 0.2) is 103 Å². The highest BCUT2D eigenvalue weighted by molar-refractivity contribution is 6.91. The maximum atomic E-state index is 14.4. The Hall–Kier alpha value is -4.48. The predicted octanol–water partition coefficient (Wildman–Crippen LogP) is 6.29. The molecule has 0 aliphatic carbocycles. The number of nitrogens with one attached hydrogen (secondary N) is 1. The first kappa shape index (κ1) is 39.3. The van der Waals surface area contributed by atoms with Gasteiger partial charge in [0.1, 0.15) is 11.3 Å². The Labute approximate surface area is 339 Å². The van der Waals surface area contributed by atoms with E-state index in [1.165, 1.54) is 16.3 Å². The second kappa shape index (κ2) is 16.4. The van der Waals surface area contributed by atoms with Crippen LogP contribution in [0, 0.1) is 5.92 Å². The summed E-state index contributed by atoms with van der Waals surface area (Å²) in [6.07, 6.45) is 3.85. The average molecular weight is 787 g/mol. The number of ether oxygens (including phenoxy) is 2. The SMILES string of the molecule is COc1ccc([Si](C)(C)[C@@H]2[C@@H](C)[C@@H](CCc3cccc(N4CN(c5ccccc5)C5(CCNCC5)C4=O)c3)O[C@H]2CC(=O)N2Cc3ccccc3C[C@H]2CO)cc1. The zero-order valence-corrected chi connectivity index (χ0v) is 34.9. The molecule has 57 heavy (non-hydrogen) atoms. The lowest BCUT2D eigenvalue weighted by atomic mass is 9.86. The van der Waals surface area contributed by atoms with Gasteiger partial charge in [-0.1, -0.05) is 91.9 Å². The van der Waals surface area contributed by atoms with Gasteiger partial charge in [0.2, 0.25) is 5.91 Å². The van der Waals surface area contributed by atoms with E-state index >= 15 is 0 Å². The van der Waals surface area contributed by atoms with Crippen LogP contribution in [0.2, 0.25) is 18.6 Å². The molecule has 3 fully saturated rings. The van der Waals surface area contributed by atoms with E-state index in [-0.39, 0.29) is 48.1 Å². The van der Waals surface area contributed by atoms with Gasteiger partial charge in [-0.25, -0.2) is 0 Å². The summed E-state index contributed by atoms with van der Waals surface area (Å²) in [6.45, 7) is 9.76. The lowest BCUT2D eigenvalue weighted by Gasteiger charge is -2.39. The molecule has 0 unspecified atom stereocenters. The number of fused-ring (bicyclic) bond motifs is 1. The van der Waals surface area contributed by atoms with Crippen molar-refractivity contribution in [2.45, 2.75) is 94.4 Å². The number of nitrogens with zero attached hydrogens (tertiary/aromatic N) is 3. The maximum Gasteiger partial charge on any atom is 0.254 e. The third kappa shape index (κ3) is 7.53. The van der Waals surface area contributed by atoms with Crippen molar-refractivity contribution in [3.63, 3.8) is 0 Å². The number of rotatable bonds is 11. The Morgan fingerprint density at radius 3 is 2.33 bits per heavy atom. The number of hydrogen-bond acceptors (Lipinski definition) is 7. The first-order valence-corrected chi connectivity index (χ1v) is 23.9. The van der Waals surface area contributed by atoms with Crippen molar-refractivity contribution in [1.29, 1.82) is 0 Å². The minimum atomic E-state index is -2.20. The zero-order valence-electron chi connectivity index (χ0n) is 33.9. The Kier molecular flexibility index (Phi) is 11.3. The molecule has 4 aliphatic rings. The predicted molar refractivity (Wildman–Crippen MR) is 229 cm³/mol. The van der Waals surface area contributed by atoms with Gasteiger partial charge in [0.05, 0.1) is 53.1 Å². The molecule has 4 aliphatic heterocycles. The molecule has 1 spiro atoms. The average Bonchev–Trinajstić information content (AvgIpc) is 3.71. The first-order chi connectivity index (χ1) is 27.6. The summed E-state index contributed by atoms with van der Waals surface area (Å²) in [4.78, 5) is 34.9. The molecule has 2 amide bonds. The molecule has 0 bridgehead atoms. The Bertz CT molecular complexity index is 2040. The maximum absolute atomic E-state index is 14.4. The van der Waals surface area contributed by atoms with Gasteiger partial charge in [0, 0.05) is 17.9 Å². The van der Waals surface area contributed by atoms with Crippen LogP contribution in [-0.2, 0) is 33.7 Å². The van der Waals surface area contributed by atoms with E-state index in [1.807, 2.05) is 52.3 Å². The molecule has 4 aromatic carbocycles. The number of para-hydroxylation sites is 1. The van der Waals surface area contributed by atoms with E-state index in [2.05, 4.69) is 90.9 Å². The second-order valence-electron chi connectivity index (χ2n) is 17.2. The third-order valence-electron chi connectivity index (χ3n) is 13.7. The molecule has 4 aromatic rings. The molecule has 9 nitrogen and oxygen atoms in total. The molecule has 8 rings (SSSR count). The van der Waals surface area contributed by atoms with Crippen LogP contribution in [-0.4, -0.2) is 87.2 Å². The number of piperidine rings is 1. The van der Waals surface area contributed by atoms with Crippen molar-refractivity contribution in [2.75, 3.05) is 43.3 Å². The quantitative estimate of drug-likeness (QED) is 0.173. The van der Waals surface area contributed by atoms with E-state index in [4.69, 9.17) is 9.47 Å². The molecule has 0 saturated carbocycles. The summed E-state index contributed by atoms with van der Waals surface area (Å²) in [5.41, 5.74) is 5.19. The highest BCUT2D eigenvalue weighted by Gasteiger charge is 2.54. The molecule has 4 heterocycles. The zero-order chi connectivity index (χ0) is 39.7. The number of aryl methyl sites for hydroxylation is 1. The summed E-state index contributed by atoms with van der Waals surface area (Å²) >= 11 is 0. The summed E-state index contributed by atoms with van der Waals surface area (Å²) in [6, 6.07) is 35.4. The van der Waals surface area contributed by atoms with Gasteiger partial charge in [-0.2, -0.15) is 0 Å². The number of carbonyl (C=O) groups excluding carboxylic acids is 2. The standard InChI is InChI=1S/C47H58N4O5Si/c1-33-42(22-17-34-11-10-16-38(27-34)50-32-51(37-14-6-5-7-15-37)47(46(50)54)23-25-48-26-24-47)56-43(45(33)57(3,4)41-20-18-40(55-2)19-21-41)29-44(53)49-30-36-13-9-8-12-35(36)28-39(49)31-52/h5-16,18-21,27,33,39,42-43,45,48,52H,17,22-26,28-32H2,1-4H3/t33-,39-,42+,43-,45+/m0/s1. The van der Waals surface area contributed by atoms with Crippen molar-refractivity contribution in [3.8, 4) is 5.75 Å². The highest BCUT2D eigenvalue weighted by atomic mass is 28.3. The van der Waals surface area contributed by atoms with E-state index in [0.717, 1.165) is 61.5 Å². The monoisotopic (exact) mass is 786 g/mol. The van der Waals surface area contributed by atoms with E-state index in [0.29, 0.717) is 26.1 Å². The van der Waals surface area contributed by atoms with Crippen molar-refractivity contribution in [1.82, 2.24) is 10.2 Å². The van der Waals surface area contributed by atoms with Crippen molar-refractivity contribution in [3.05, 3.63) is 120 Å². The molecule has 5 atom stereocenters. The smallest absolute Gasteiger partial charge is 0.254 e. The first-order valence-electron chi connectivity index (χ1n) is 20.8. The number of carbonyl (C=O) groups is 2. The number of anilines is 2. The second-order valence-corrected chi connectivity index (χ2v) is 21.9. The molecular formula is C47H58N4O5Si. The molecule has 3 saturated heterocycles. The van der Waals surface area contributed by atoms with Crippen LogP contribution in [0.25, 0.3) is 0 Å². The Morgan fingerprint density at radius 1 is 0.912 bits per heavy atom. The van der Waals surface area contributed by atoms with Gasteiger partial charge in [0.25, 0.3) is 5.91 Å². The van der Waals surface area contributed by atoms with Gasteiger partial charge in [-0.15, -0.1) is 0 Å². The van der Waals surface area contributed by atoms with Gasteiger partial charge < -0.3 is 29.7 Å². The molecule has 300 valence electrons. The summed E-state index contributed by atoms with van der Waals surface area (Å²) < 4.78 is 12.6. The van der Waals surface area contributed by atoms with Gasteiger partial charge in [-0.3, -0.25) is 14.5 Å². The highest BCUT2D eigenvalue weighted by Crippen LogP contribution is 2.47. The Morgan fingerprint density at radius 2 is 1.61 bits per heavy atom. The fraction of sp³-hybridized carbons (Fsp3) is 0.447. The fourth-order valence-corrected chi connectivity index (χ4v) is 14.6. The lowest BCUT2D eigenvalue weighted by molar-refractivity contribution is -0.138. The van der Waals surface area contributed by atoms with Crippen LogP contribution in [0.5, 0.6) is 5.75 Å². The molecule has 10 heteroatoms. The van der Waals surface area contributed by atoms with Gasteiger partial charge >= 0.3 is 0 Å². The number of amides is 2. The number of aliphatic hydroxyl groups excluding tert-OH is 1. The fourth-order valence-electron chi connectivity index (χ4n) is 10.5. The number of aliphatic hydroxyl groups is 1. The van der Waals surface area contributed by atoms with E-state index in [9.17, 15) is 14.7 Å². The van der Waals surface area contributed by atoms with E-state index < -0.39 is 13.6 Å².